The third-order valence-electron chi connectivity index (χ3n) is 3.59. The Bertz CT molecular complexity index is 277. The summed E-state index contributed by atoms with van der Waals surface area (Å²) < 4.78 is 0.881. The summed E-state index contributed by atoms with van der Waals surface area (Å²) in [4.78, 5) is 2.22. The number of hydroxylamine groups is 1. The van der Waals surface area contributed by atoms with Crippen LogP contribution in [-0.2, 0) is 0 Å². The summed E-state index contributed by atoms with van der Waals surface area (Å²) in [5, 5.41) is 9.36. The average Bonchev–Trinajstić information content (AvgIpc) is 2.48. The topological polar surface area (TPSA) is 35.5 Å². The molecule has 0 aromatic rings. The molecule has 1 aliphatic carbocycles. The molecule has 1 heterocycles. The van der Waals surface area contributed by atoms with Crippen molar-refractivity contribution in [2.45, 2.75) is 62.9 Å². The monoisotopic (exact) mass is 260 g/mol. The number of hydrogen-bond donors (Lipinski definition) is 2. The lowest BCUT2D eigenvalue weighted by Gasteiger charge is -2.38. The molecule has 2 aliphatic rings. The maximum atomic E-state index is 9.36. The predicted octanol–water partition coefficient (Wildman–Crippen LogP) is 2.74. The highest BCUT2D eigenvalue weighted by atomic mass is 32.2. The van der Waals surface area contributed by atoms with Crippen molar-refractivity contribution in [3.63, 3.8) is 0 Å². The normalized spacial score (nSPS) is 31.1. The zero-order valence-electron chi connectivity index (χ0n) is 9.90. The standard InChI is InChI=1S/C11H20N2OS2/c1-11(2)9(12-14)13(10(15)16-11)8-6-4-3-5-7-8/h8-9,12,14H,3-7H2,1-2H3/t9-/m1/s1. The van der Waals surface area contributed by atoms with E-state index < -0.39 is 0 Å². The van der Waals surface area contributed by atoms with Crippen LogP contribution in [0.1, 0.15) is 46.0 Å². The molecule has 2 fully saturated rings. The summed E-state index contributed by atoms with van der Waals surface area (Å²) in [7, 11) is 0. The molecule has 0 unspecified atom stereocenters. The molecule has 0 amide bonds. The van der Waals surface area contributed by atoms with Gasteiger partial charge in [-0.3, -0.25) is 0 Å². The fourth-order valence-electron chi connectivity index (χ4n) is 2.71. The van der Waals surface area contributed by atoms with E-state index >= 15 is 0 Å². The van der Waals surface area contributed by atoms with Gasteiger partial charge in [0.1, 0.15) is 10.5 Å². The summed E-state index contributed by atoms with van der Waals surface area (Å²) in [5.41, 5.74) is 2.45. The van der Waals surface area contributed by atoms with Crippen LogP contribution >= 0.6 is 24.0 Å². The van der Waals surface area contributed by atoms with Gasteiger partial charge in [-0.15, -0.1) is 0 Å². The highest BCUT2D eigenvalue weighted by molar-refractivity contribution is 8.24. The Labute approximate surface area is 107 Å². The lowest BCUT2D eigenvalue weighted by atomic mass is 9.93. The Hall–Kier alpha value is 0.160. The first-order valence-corrected chi connectivity index (χ1v) is 7.19. The summed E-state index contributed by atoms with van der Waals surface area (Å²) >= 11 is 7.14. The van der Waals surface area contributed by atoms with E-state index in [9.17, 15) is 5.21 Å². The largest absolute Gasteiger partial charge is 0.336 e. The average molecular weight is 260 g/mol. The minimum absolute atomic E-state index is 0.0481. The molecule has 2 N–H and O–H groups in total. The fraction of sp³-hybridized carbons (Fsp3) is 0.909. The van der Waals surface area contributed by atoms with Crippen molar-refractivity contribution in [2.75, 3.05) is 0 Å². The Morgan fingerprint density at radius 2 is 2.00 bits per heavy atom. The predicted molar refractivity (Wildman–Crippen MR) is 71.7 cm³/mol. The summed E-state index contributed by atoms with van der Waals surface area (Å²) in [6, 6.07) is 0.514. The Balaban J connectivity index is 2.15. The maximum absolute atomic E-state index is 9.36. The van der Waals surface area contributed by atoms with Gasteiger partial charge in [0.2, 0.25) is 0 Å². The molecule has 16 heavy (non-hydrogen) atoms. The molecule has 1 saturated carbocycles. The van der Waals surface area contributed by atoms with E-state index in [0.717, 1.165) is 4.32 Å². The SMILES string of the molecule is CC1(C)SC(=S)N(C2CCCCC2)[C@H]1NO. The number of thioether (sulfide) groups is 1. The zero-order valence-corrected chi connectivity index (χ0v) is 11.5. The highest BCUT2D eigenvalue weighted by Crippen LogP contribution is 2.43. The molecule has 5 heteroatoms. The van der Waals surface area contributed by atoms with Gasteiger partial charge in [0.05, 0.1) is 4.75 Å². The molecule has 0 aromatic heterocycles. The van der Waals surface area contributed by atoms with E-state index in [1.165, 1.54) is 32.1 Å². The van der Waals surface area contributed by atoms with Gasteiger partial charge in [-0.05, 0) is 26.7 Å². The minimum atomic E-state index is -0.0523. The first kappa shape index (κ1) is 12.6. The first-order chi connectivity index (χ1) is 7.56. The van der Waals surface area contributed by atoms with Crippen LogP contribution < -0.4 is 5.48 Å². The van der Waals surface area contributed by atoms with Gasteiger partial charge in [-0.25, -0.2) is 0 Å². The van der Waals surface area contributed by atoms with Crippen molar-refractivity contribution in [1.29, 1.82) is 0 Å². The summed E-state index contributed by atoms with van der Waals surface area (Å²) in [5.74, 6) is 0. The number of nitrogens with zero attached hydrogens (tertiary/aromatic N) is 1. The van der Waals surface area contributed by atoms with E-state index in [1.54, 1.807) is 11.8 Å². The molecule has 0 bridgehead atoms. The molecule has 92 valence electrons. The zero-order chi connectivity index (χ0) is 11.8. The molecule has 1 aliphatic heterocycles. The van der Waals surface area contributed by atoms with Crippen LogP contribution in [0, 0.1) is 0 Å². The first-order valence-electron chi connectivity index (χ1n) is 5.97. The van der Waals surface area contributed by atoms with Crippen LogP contribution in [0.5, 0.6) is 0 Å². The second-order valence-electron chi connectivity index (χ2n) is 5.20. The molecular formula is C11H20N2OS2. The van der Waals surface area contributed by atoms with Crippen LogP contribution in [-0.4, -0.2) is 31.4 Å². The van der Waals surface area contributed by atoms with Gasteiger partial charge >= 0.3 is 0 Å². The number of nitrogens with one attached hydrogen (secondary N) is 1. The van der Waals surface area contributed by atoms with Crippen LogP contribution in [0.25, 0.3) is 0 Å². The highest BCUT2D eigenvalue weighted by Gasteiger charge is 2.46. The molecule has 1 atom stereocenters. The Morgan fingerprint density at radius 1 is 1.38 bits per heavy atom. The van der Waals surface area contributed by atoms with Crippen LogP contribution in [0.15, 0.2) is 0 Å². The molecule has 1 saturated heterocycles. The van der Waals surface area contributed by atoms with Gasteiger partial charge in [0.15, 0.2) is 0 Å². The number of thiocarbonyl (C=S) groups is 1. The van der Waals surface area contributed by atoms with E-state index in [-0.39, 0.29) is 10.9 Å². The third kappa shape index (κ3) is 2.23. The van der Waals surface area contributed by atoms with Crippen molar-refractivity contribution in [3.05, 3.63) is 0 Å². The second-order valence-corrected chi connectivity index (χ2v) is 7.49. The van der Waals surface area contributed by atoms with Gasteiger partial charge in [-0.2, -0.15) is 5.48 Å². The molecule has 0 radical (unpaired) electrons. The summed E-state index contributed by atoms with van der Waals surface area (Å²) in [6.45, 7) is 4.25. The van der Waals surface area contributed by atoms with Crippen molar-refractivity contribution < 1.29 is 5.21 Å². The van der Waals surface area contributed by atoms with Gasteiger partial charge in [0.25, 0.3) is 0 Å². The molecule has 2 rings (SSSR count). The molecule has 0 aromatic carbocycles. The Kier molecular flexibility index (Phi) is 3.79. The van der Waals surface area contributed by atoms with Crippen LogP contribution in [0.2, 0.25) is 0 Å². The van der Waals surface area contributed by atoms with Crippen LogP contribution in [0.4, 0.5) is 0 Å². The van der Waals surface area contributed by atoms with E-state index in [0.29, 0.717) is 6.04 Å². The smallest absolute Gasteiger partial charge is 0.138 e. The fourth-order valence-corrected chi connectivity index (χ4v) is 4.70. The van der Waals surface area contributed by atoms with Gasteiger partial charge < -0.3 is 10.1 Å². The van der Waals surface area contributed by atoms with Gasteiger partial charge in [0, 0.05) is 6.04 Å². The lowest BCUT2D eigenvalue weighted by molar-refractivity contribution is 0.0336. The van der Waals surface area contributed by atoms with Gasteiger partial charge in [-0.1, -0.05) is 43.2 Å². The van der Waals surface area contributed by atoms with Crippen molar-refractivity contribution in [2.24, 2.45) is 0 Å². The molecular weight excluding hydrogens is 240 g/mol. The quantitative estimate of drug-likeness (QED) is 0.589. The van der Waals surface area contributed by atoms with Crippen LogP contribution in [0.3, 0.4) is 0 Å². The number of hydrogen-bond acceptors (Lipinski definition) is 4. The van der Waals surface area contributed by atoms with E-state index in [2.05, 4.69) is 24.2 Å². The lowest BCUT2D eigenvalue weighted by Crippen LogP contribution is -2.54. The summed E-state index contributed by atoms with van der Waals surface area (Å²) in [6.07, 6.45) is 6.27. The maximum Gasteiger partial charge on any atom is 0.138 e. The van der Waals surface area contributed by atoms with Crippen molar-refractivity contribution in [1.82, 2.24) is 10.4 Å². The molecule has 3 nitrogen and oxygen atoms in total. The van der Waals surface area contributed by atoms with E-state index in [4.69, 9.17) is 12.2 Å². The van der Waals surface area contributed by atoms with Crippen molar-refractivity contribution >= 4 is 28.3 Å². The van der Waals surface area contributed by atoms with E-state index in [1.807, 2.05) is 0 Å². The van der Waals surface area contributed by atoms with Crippen molar-refractivity contribution in [3.8, 4) is 0 Å². The number of rotatable bonds is 2. The molecule has 0 spiro atoms. The Morgan fingerprint density at radius 3 is 2.56 bits per heavy atom. The third-order valence-corrected chi connectivity index (χ3v) is 5.18. The second kappa shape index (κ2) is 4.80. The minimum Gasteiger partial charge on any atom is -0.336 e.